The van der Waals surface area contributed by atoms with Gasteiger partial charge in [0.2, 0.25) is 0 Å². The highest BCUT2D eigenvalue weighted by atomic mass is 35.5. The number of aliphatic carboxylic acids is 1. The van der Waals surface area contributed by atoms with Gasteiger partial charge in [-0.15, -0.1) is 0 Å². The van der Waals surface area contributed by atoms with Crippen molar-refractivity contribution in [2.45, 2.75) is 25.8 Å². The van der Waals surface area contributed by atoms with E-state index in [1.807, 2.05) is 6.92 Å². The summed E-state index contributed by atoms with van der Waals surface area (Å²) in [5, 5.41) is 9.35. The maximum Gasteiger partial charge on any atom is 0.306 e. The van der Waals surface area contributed by atoms with Gasteiger partial charge in [-0.05, 0) is 19.8 Å². The number of rotatable bonds is 2. The summed E-state index contributed by atoms with van der Waals surface area (Å²) in [7, 11) is 0. The Kier molecular flexibility index (Phi) is 3.47. The first-order chi connectivity index (χ1) is 8.08. The second-order valence-electron chi connectivity index (χ2n) is 4.30. The van der Waals surface area contributed by atoms with Gasteiger partial charge >= 0.3 is 5.97 Å². The molecule has 2 heterocycles. The van der Waals surface area contributed by atoms with Crippen molar-refractivity contribution in [1.29, 1.82) is 0 Å². The lowest BCUT2D eigenvalue weighted by atomic mass is 9.92. The molecule has 0 aliphatic carbocycles. The third-order valence-corrected chi connectivity index (χ3v) is 3.29. The molecule has 1 aliphatic rings. The zero-order valence-electron chi connectivity index (χ0n) is 9.51. The number of carboxylic acid groups (broad SMARTS) is 1. The molecule has 5 nitrogen and oxygen atoms in total. The van der Waals surface area contributed by atoms with Gasteiger partial charge in [0.05, 0.1) is 18.3 Å². The van der Waals surface area contributed by atoms with Crippen molar-refractivity contribution in [3.63, 3.8) is 0 Å². The minimum absolute atomic E-state index is 0.137. The molecule has 1 aromatic heterocycles. The van der Waals surface area contributed by atoms with Crippen LogP contribution in [0.4, 0.5) is 5.82 Å². The van der Waals surface area contributed by atoms with E-state index >= 15 is 0 Å². The summed E-state index contributed by atoms with van der Waals surface area (Å²) in [5.74, 6) is -0.254. The number of carbonyl (C=O) groups is 1. The number of hydrogen-bond donors (Lipinski definition) is 1. The molecule has 2 unspecified atom stereocenters. The highest BCUT2D eigenvalue weighted by molar-refractivity contribution is 6.29. The molecule has 1 aromatic rings. The molecule has 0 radical (unpaired) electrons. The Hall–Kier alpha value is -1.36. The molecule has 1 saturated heterocycles. The zero-order chi connectivity index (χ0) is 12.4. The molecule has 17 heavy (non-hydrogen) atoms. The van der Waals surface area contributed by atoms with Crippen molar-refractivity contribution in [1.82, 2.24) is 9.97 Å². The van der Waals surface area contributed by atoms with Gasteiger partial charge in [-0.3, -0.25) is 9.78 Å². The molecule has 0 spiro atoms. The Morgan fingerprint density at radius 3 is 2.94 bits per heavy atom. The van der Waals surface area contributed by atoms with Crippen molar-refractivity contribution in [2.24, 2.45) is 5.92 Å². The second kappa shape index (κ2) is 4.87. The van der Waals surface area contributed by atoms with E-state index in [-0.39, 0.29) is 12.0 Å². The predicted molar refractivity (Wildman–Crippen MR) is 64.2 cm³/mol. The topological polar surface area (TPSA) is 66.3 Å². The standard InChI is InChI=1S/C11H14ClN3O2/c1-7-4-8(11(16)17)2-3-15(7)10-6-13-5-9(12)14-10/h5-8H,2-4H2,1H3,(H,16,17). The monoisotopic (exact) mass is 255 g/mol. The van der Waals surface area contributed by atoms with Crippen LogP contribution in [0.15, 0.2) is 12.4 Å². The third-order valence-electron chi connectivity index (χ3n) is 3.11. The minimum atomic E-state index is -0.714. The van der Waals surface area contributed by atoms with Gasteiger partial charge in [0, 0.05) is 12.6 Å². The van der Waals surface area contributed by atoms with Crippen LogP contribution in [0.2, 0.25) is 5.15 Å². The Morgan fingerprint density at radius 2 is 2.35 bits per heavy atom. The molecule has 2 atom stereocenters. The van der Waals surface area contributed by atoms with Gasteiger partial charge in [-0.2, -0.15) is 0 Å². The molecular weight excluding hydrogens is 242 g/mol. The highest BCUT2D eigenvalue weighted by Crippen LogP contribution is 2.27. The van der Waals surface area contributed by atoms with E-state index in [1.54, 1.807) is 6.20 Å². The summed E-state index contributed by atoms with van der Waals surface area (Å²) in [4.78, 5) is 21.2. The first-order valence-electron chi connectivity index (χ1n) is 5.55. The number of aromatic nitrogens is 2. The average Bonchev–Trinajstić information content (AvgIpc) is 2.28. The van der Waals surface area contributed by atoms with Crippen LogP contribution in [0, 0.1) is 5.92 Å². The van der Waals surface area contributed by atoms with E-state index in [4.69, 9.17) is 16.7 Å². The second-order valence-corrected chi connectivity index (χ2v) is 4.69. The molecule has 0 saturated carbocycles. The Bertz CT molecular complexity index is 427. The molecule has 1 fully saturated rings. The molecule has 0 aromatic carbocycles. The quantitative estimate of drug-likeness (QED) is 0.873. The van der Waals surface area contributed by atoms with Gasteiger partial charge in [-0.25, -0.2) is 4.98 Å². The Balaban J connectivity index is 2.12. The van der Waals surface area contributed by atoms with Gasteiger partial charge in [0.15, 0.2) is 0 Å². The first-order valence-corrected chi connectivity index (χ1v) is 5.92. The van der Waals surface area contributed by atoms with Crippen LogP contribution >= 0.6 is 11.6 Å². The number of anilines is 1. The summed E-state index contributed by atoms with van der Waals surface area (Å²) in [6.07, 6.45) is 4.40. The van der Waals surface area contributed by atoms with Crippen molar-refractivity contribution in [3.05, 3.63) is 17.5 Å². The fourth-order valence-corrected chi connectivity index (χ4v) is 2.35. The minimum Gasteiger partial charge on any atom is -0.481 e. The molecule has 1 N–H and O–H groups in total. The van der Waals surface area contributed by atoms with Gasteiger partial charge in [0.25, 0.3) is 0 Å². The maximum atomic E-state index is 10.9. The molecular formula is C11H14ClN3O2. The Morgan fingerprint density at radius 1 is 1.59 bits per heavy atom. The molecule has 6 heteroatoms. The Labute approximate surface area is 104 Å². The summed E-state index contributed by atoms with van der Waals surface area (Å²) in [6.45, 7) is 2.67. The van der Waals surface area contributed by atoms with E-state index in [2.05, 4.69) is 14.9 Å². The number of nitrogens with zero attached hydrogens (tertiary/aromatic N) is 3. The number of hydrogen-bond acceptors (Lipinski definition) is 4. The number of piperidine rings is 1. The molecule has 92 valence electrons. The molecule has 0 amide bonds. The van der Waals surface area contributed by atoms with Crippen LogP contribution in [-0.2, 0) is 4.79 Å². The number of carboxylic acids is 1. The molecule has 1 aliphatic heterocycles. The van der Waals surface area contributed by atoms with Crippen molar-refractivity contribution in [3.8, 4) is 0 Å². The van der Waals surface area contributed by atoms with E-state index in [0.717, 1.165) is 0 Å². The van der Waals surface area contributed by atoms with Crippen LogP contribution in [0.3, 0.4) is 0 Å². The van der Waals surface area contributed by atoms with Crippen LogP contribution in [0.25, 0.3) is 0 Å². The van der Waals surface area contributed by atoms with E-state index in [1.165, 1.54) is 6.20 Å². The zero-order valence-corrected chi connectivity index (χ0v) is 10.3. The predicted octanol–water partition coefficient (Wildman–Crippen LogP) is 1.82. The summed E-state index contributed by atoms with van der Waals surface area (Å²) in [6, 6.07) is 0.137. The van der Waals surface area contributed by atoms with Gasteiger partial charge < -0.3 is 10.0 Å². The first kappa shape index (κ1) is 12.1. The van der Waals surface area contributed by atoms with Crippen molar-refractivity contribution in [2.75, 3.05) is 11.4 Å². The highest BCUT2D eigenvalue weighted by Gasteiger charge is 2.30. The van der Waals surface area contributed by atoms with E-state index < -0.39 is 5.97 Å². The lowest BCUT2D eigenvalue weighted by Gasteiger charge is -2.36. The fraction of sp³-hybridized carbons (Fsp3) is 0.545. The fourth-order valence-electron chi connectivity index (χ4n) is 2.21. The number of halogens is 1. The van der Waals surface area contributed by atoms with Crippen LogP contribution in [0.1, 0.15) is 19.8 Å². The third kappa shape index (κ3) is 2.66. The average molecular weight is 256 g/mol. The lowest BCUT2D eigenvalue weighted by molar-refractivity contribution is -0.142. The summed E-state index contributed by atoms with van der Waals surface area (Å²) in [5.41, 5.74) is 0. The summed E-state index contributed by atoms with van der Waals surface area (Å²) < 4.78 is 0. The normalized spacial score (nSPS) is 24.7. The van der Waals surface area contributed by atoms with Crippen LogP contribution in [-0.4, -0.2) is 33.6 Å². The van der Waals surface area contributed by atoms with Crippen molar-refractivity contribution < 1.29 is 9.90 Å². The van der Waals surface area contributed by atoms with E-state index in [0.29, 0.717) is 30.4 Å². The van der Waals surface area contributed by atoms with Crippen molar-refractivity contribution >= 4 is 23.4 Å². The van der Waals surface area contributed by atoms with Crippen LogP contribution in [0.5, 0.6) is 0 Å². The largest absolute Gasteiger partial charge is 0.481 e. The molecule has 0 bridgehead atoms. The maximum absolute atomic E-state index is 10.9. The summed E-state index contributed by atoms with van der Waals surface area (Å²) >= 11 is 5.80. The smallest absolute Gasteiger partial charge is 0.306 e. The lowest BCUT2D eigenvalue weighted by Crippen LogP contribution is -2.43. The van der Waals surface area contributed by atoms with Gasteiger partial charge in [0.1, 0.15) is 11.0 Å². The SMILES string of the molecule is CC1CC(C(=O)O)CCN1c1cncc(Cl)n1. The van der Waals surface area contributed by atoms with Gasteiger partial charge in [-0.1, -0.05) is 11.6 Å². The van der Waals surface area contributed by atoms with E-state index in [9.17, 15) is 4.79 Å². The molecule has 2 rings (SSSR count). The van der Waals surface area contributed by atoms with Crippen LogP contribution < -0.4 is 4.90 Å².